The summed E-state index contributed by atoms with van der Waals surface area (Å²) in [7, 11) is -5.41. The Kier molecular flexibility index (Phi) is 10.7. The second-order valence-electron chi connectivity index (χ2n) is 6.42. The summed E-state index contributed by atoms with van der Waals surface area (Å²) in [6, 6.07) is 0. The van der Waals surface area contributed by atoms with E-state index < -0.39 is 43.2 Å². The molecule has 0 aliphatic heterocycles. The molecule has 0 saturated heterocycles. The molecular weight excluding hydrogens is 404 g/mol. The number of unbranched alkanes of at least 4 members (excludes halogenated alkanes) is 9. The van der Waals surface area contributed by atoms with Crippen molar-refractivity contribution in [1.82, 2.24) is 0 Å². The Balaban J connectivity index is 2.44. The first-order valence-corrected chi connectivity index (χ1v) is 11.6. The lowest BCUT2D eigenvalue weighted by Crippen LogP contribution is -2.11. The van der Waals surface area contributed by atoms with Crippen LogP contribution in [0.15, 0.2) is 9.79 Å². The third kappa shape index (κ3) is 7.62. The molecule has 1 aromatic carbocycles. The maximum absolute atomic E-state index is 13.9. The van der Waals surface area contributed by atoms with Crippen LogP contribution in [0.4, 0.5) is 17.6 Å². The van der Waals surface area contributed by atoms with Gasteiger partial charge in [0.15, 0.2) is 28.2 Å². The lowest BCUT2D eigenvalue weighted by molar-refractivity contribution is 0.384. The van der Waals surface area contributed by atoms with E-state index in [1.165, 1.54) is 32.1 Å². The van der Waals surface area contributed by atoms with E-state index in [1.54, 1.807) is 0 Å². The second-order valence-corrected chi connectivity index (χ2v) is 8.88. The van der Waals surface area contributed by atoms with Crippen molar-refractivity contribution in [1.29, 1.82) is 0 Å². The molecule has 27 heavy (non-hydrogen) atoms. The van der Waals surface area contributed by atoms with Crippen LogP contribution in [-0.2, 0) is 10.1 Å². The van der Waals surface area contributed by atoms with E-state index in [-0.39, 0.29) is 5.75 Å². The van der Waals surface area contributed by atoms with Gasteiger partial charge in [-0.15, -0.1) is 11.8 Å². The molecule has 156 valence electrons. The molecule has 0 saturated carbocycles. The Morgan fingerprint density at radius 1 is 0.741 bits per heavy atom. The molecule has 0 fully saturated rings. The molecular formula is C18H26F4O3S2. The van der Waals surface area contributed by atoms with Crippen molar-refractivity contribution in [2.45, 2.75) is 80.9 Å². The van der Waals surface area contributed by atoms with Crippen LogP contribution in [0.3, 0.4) is 0 Å². The van der Waals surface area contributed by atoms with Crippen LogP contribution >= 0.6 is 11.8 Å². The van der Waals surface area contributed by atoms with E-state index in [0.29, 0.717) is 18.2 Å². The fourth-order valence-electron chi connectivity index (χ4n) is 2.71. The van der Waals surface area contributed by atoms with Crippen LogP contribution in [0.2, 0.25) is 0 Å². The largest absolute Gasteiger partial charge is 0.300 e. The molecule has 0 unspecified atom stereocenters. The fourth-order valence-corrected chi connectivity index (χ4v) is 4.33. The quantitative estimate of drug-likeness (QED) is 0.128. The highest BCUT2D eigenvalue weighted by Gasteiger charge is 2.32. The summed E-state index contributed by atoms with van der Waals surface area (Å²) >= 11 is 0.592. The summed E-state index contributed by atoms with van der Waals surface area (Å²) in [6.07, 6.45) is 10.8. The second kappa shape index (κ2) is 11.9. The average Bonchev–Trinajstić information content (AvgIpc) is 2.59. The van der Waals surface area contributed by atoms with Crippen molar-refractivity contribution >= 4 is 21.9 Å². The highest BCUT2D eigenvalue weighted by molar-refractivity contribution is 7.99. The molecule has 0 radical (unpaired) electrons. The molecule has 3 nitrogen and oxygen atoms in total. The number of hydrogen-bond donors (Lipinski definition) is 1. The standard InChI is InChI=1S/C18H26F4O3S2/c1-2-3-4-5-6-7-8-9-10-11-12-26-17-13(19)15(21)18(27(23,24)25)16(22)14(17)20/h2-12H2,1H3,(H,23,24,25). The monoisotopic (exact) mass is 430 g/mol. The normalized spacial score (nSPS) is 11.9. The summed E-state index contributed by atoms with van der Waals surface area (Å²) in [6.45, 7) is 2.17. The van der Waals surface area contributed by atoms with E-state index in [4.69, 9.17) is 4.55 Å². The maximum atomic E-state index is 13.9. The Morgan fingerprint density at radius 2 is 1.15 bits per heavy atom. The van der Waals surface area contributed by atoms with Crippen molar-refractivity contribution in [3.8, 4) is 0 Å². The van der Waals surface area contributed by atoms with Gasteiger partial charge in [0, 0.05) is 0 Å². The Hall–Kier alpha value is -0.800. The van der Waals surface area contributed by atoms with Crippen molar-refractivity contribution in [2.75, 3.05) is 5.75 Å². The van der Waals surface area contributed by atoms with Crippen LogP contribution in [0, 0.1) is 23.3 Å². The van der Waals surface area contributed by atoms with Gasteiger partial charge in [0.1, 0.15) is 0 Å². The van der Waals surface area contributed by atoms with Gasteiger partial charge in [0.2, 0.25) is 0 Å². The molecule has 1 N–H and O–H groups in total. The summed E-state index contributed by atoms with van der Waals surface area (Å²) in [5, 5.41) is 0. The first-order chi connectivity index (χ1) is 12.7. The third-order valence-corrected chi connectivity index (χ3v) is 6.20. The average molecular weight is 431 g/mol. The highest BCUT2D eigenvalue weighted by Crippen LogP contribution is 2.34. The van der Waals surface area contributed by atoms with Gasteiger partial charge in [0.05, 0.1) is 4.90 Å². The number of thioether (sulfide) groups is 1. The van der Waals surface area contributed by atoms with E-state index in [0.717, 1.165) is 25.7 Å². The zero-order valence-corrected chi connectivity index (χ0v) is 17.0. The van der Waals surface area contributed by atoms with Crippen LogP contribution < -0.4 is 0 Å². The van der Waals surface area contributed by atoms with Crippen molar-refractivity contribution in [3.63, 3.8) is 0 Å². The van der Waals surface area contributed by atoms with E-state index >= 15 is 0 Å². The molecule has 0 atom stereocenters. The van der Waals surface area contributed by atoms with Gasteiger partial charge in [-0.2, -0.15) is 8.42 Å². The summed E-state index contributed by atoms with van der Waals surface area (Å²) < 4.78 is 85.6. The fraction of sp³-hybridized carbons (Fsp3) is 0.667. The van der Waals surface area contributed by atoms with Gasteiger partial charge in [-0.05, 0) is 12.2 Å². The van der Waals surface area contributed by atoms with E-state index in [9.17, 15) is 26.0 Å². The Morgan fingerprint density at radius 3 is 1.56 bits per heavy atom. The minimum absolute atomic E-state index is 0.244. The van der Waals surface area contributed by atoms with Crippen LogP contribution in [0.5, 0.6) is 0 Å². The number of benzene rings is 1. The Labute approximate surface area is 162 Å². The SMILES string of the molecule is CCCCCCCCCCCCSc1c(F)c(F)c(S(=O)(=O)O)c(F)c1F. The molecule has 1 aromatic rings. The highest BCUT2D eigenvalue weighted by atomic mass is 32.2. The molecule has 1 rings (SSSR count). The smallest absolute Gasteiger partial charge is 0.282 e. The van der Waals surface area contributed by atoms with Crippen LogP contribution in [0.25, 0.3) is 0 Å². The lowest BCUT2D eigenvalue weighted by atomic mass is 10.1. The molecule has 0 spiro atoms. The van der Waals surface area contributed by atoms with E-state index in [2.05, 4.69) is 6.92 Å². The summed E-state index contributed by atoms with van der Waals surface area (Å²) in [4.78, 5) is -2.91. The van der Waals surface area contributed by atoms with Gasteiger partial charge in [-0.25, -0.2) is 17.6 Å². The molecule has 0 amide bonds. The molecule has 0 aliphatic carbocycles. The molecule has 0 aromatic heterocycles. The minimum atomic E-state index is -5.41. The molecule has 0 bridgehead atoms. The molecule has 9 heteroatoms. The maximum Gasteiger partial charge on any atom is 0.300 e. The number of halogens is 4. The predicted octanol–water partition coefficient (Wildman–Crippen LogP) is 6.50. The van der Waals surface area contributed by atoms with Gasteiger partial charge in [-0.1, -0.05) is 64.7 Å². The zero-order chi connectivity index (χ0) is 20.4. The topological polar surface area (TPSA) is 54.4 Å². The summed E-state index contributed by atoms with van der Waals surface area (Å²) in [5.41, 5.74) is 0. The van der Waals surface area contributed by atoms with Gasteiger partial charge in [-0.3, -0.25) is 4.55 Å². The Bertz CT molecular complexity index is 680. The first kappa shape index (κ1) is 24.2. The summed E-state index contributed by atoms with van der Waals surface area (Å²) in [5.74, 6) is -7.59. The number of hydrogen-bond acceptors (Lipinski definition) is 3. The van der Waals surface area contributed by atoms with Crippen molar-refractivity contribution < 1.29 is 30.5 Å². The van der Waals surface area contributed by atoms with E-state index in [1.807, 2.05) is 0 Å². The van der Waals surface area contributed by atoms with Gasteiger partial charge in [0.25, 0.3) is 0 Å². The zero-order valence-electron chi connectivity index (χ0n) is 15.4. The van der Waals surface area contributed by atoms with Crippen LogP contribution in [0.1, 0.15) is 71.1 Å². The first-order valence-electron chi connectivity index (χ1n) is 9.18. The number of rotatable bonds is 13. The van der Waals surface area contributed by atoms with Crippen molar-refractivity contribution in [3.05, 3.63) is 23.3 Å². The minimum Gasteiger partial charge on any atom is -0.282 e. The lowest BCUT2D eigenvalue weighted by Gasteiger charge is -2.10. The third-order valence-electron chi connectivity index (χ3n) is 4.19. The van der Waals surface area contributed by atoms with Crippen LogP contribution in [-0.4, -0.2) is 18.7 Å². The van der Waals surface area contributed by atoms with Gasteiger partial charge >= 0.3 is 10.1 Å². The van der Waals surface area contributed by atoms with Gasteiger partial charge < -0.3 is 0 Å². The van der Waals surface area contributed by atoms with Crippen molar-refractivity contribution in [2.24, 2.45) is 0 Å². The predicted molar refractivity (Wildman–Crippen MR) is 98.7 cm³/mol. The molecule has 0 heterocycles. The molecule has 0 aliphatic rings.